The van der Waals surface area contributed by atoms with E-state index in [0.717, 1.165) is 0 Å². The van der Waals surface area contributed by atoms with Gasteiger partial charge in [-0.05, 0) is 18.2 Å². The fraction of sp³-hybridized carbons (Fsp3) is 0.444. The summed E-state index contributed by atoms with van der Waals surface area (Å²) in [6.07, 6.45) is 0. The predicted octanol–water partition coefficient (Wildman–Crippen LogP) is -4.08. The largest absolute Gasteiger partial charge is 0.369 e. The topological polar surface area (TPSA) is 248 Å². The van der Waals surface area contributed by atoms with Crippen LogP contribution in [0, 0.1) is 10.8 Å². The van der Waals surface area contributed by atoms with E-state index in [2.05, 4.69) is 10.6 Å². The highest BCUT2D eigenvalue weighted by atomic mass is 16.2. The van der Waals surface area contributed by atoms with Crippen molar-refractivity contribution in [2.75, 3.05) is 39.3 Å². The number of hydrogen-bond acceptors (Lipinski definition) is 8. The third-order valence-corrected chi connectivity index (χ3v) is 5.17. The van der Waals surface area contributed by atoms with E-state index < -0.39 is 34.5 Å². The highest BCUT2D eigenvalue weighted by molar-refractivity contribution is 6.00. The van der Waals surface area contributed by atoms with Crippen LogP contribution in [0.15, 0.2) is 24.3 Å². The fourth-order valence-corrected chi connectivity index (χ4v) is 2.54. The molecule has 0 unspecified atom stereocenters. The van der Waals surface area contributed by atoms with Gasteiger partial charge < -0.3 is 45.0 Å². The number of rotatable bonds is 12. The van der Waals surface area contributed by atoms with Crippen molar-refractivity contribution in [1.82, 2.24) is 10.6 Å². The van der Waals surface area contributed by atoms with Gasteiger partial charge in [-0.25, -0.2) is 0 Å². The van der Waals surface area contributed by atoms with Gasteiger partial charge in [0.05, 0.1) is 10.8 Å². The first kappa shape index (κ1) is 25.0. The second-order valence-corrected chi connectivity index (χ2v) is 7.05. The minimum Gasteiger partial charge on any atom is -0.369 e. The lowest BCUT2D eigenvalue weighted by atomic mass is 9.87. The molecular formula is C18H30N8O4. The summed E-state index contributed by atoms with van der Waals surface area (Å²) in [7, 11) is 0. The Morgan fingerprint density at radius 1 is 0.700 bits per heavy atom. The van der Waals surface area contributed by atoms with E-state index in [1.165, 1.54) is 24.3 Å². The van der Waals surface area contributed by atoms with E-state index in [9.17, 15) is 19.2 Å². The molecule has 30 heavy (non-hydrogen) atoms. The van der Waals surface area contributed by atoms with Crippen LogP contribution in [0.2, 0.25) is 0 Å². The third-order valence-electron chi connectivity index (χ3n) is 5.17. The number of primary amides is 2. The first-order valence-electron chi connectivity index (χ1n) is 9.18. The number of carbonyl (C=O) groups is 4. The van der Waals surface area contributed by atoms with Crippen LogP contribution in [0.25, 0.3) is 0 Å². The average Bonchev–Trinajstić information content (AvgIpc) is 2.75. The number of nitrogens with one attached hydrogen (secondary N) is 2. The molecule has 0 saturated heterocycles. The lowest BCUT2D eigenvalue weighted by molar-refractivity contribution is -0.127. The van der Waals surface area contributed by atoms with Crippen LogP contribution in [0.1, 0.15) is 20.7 Å². The quantitative estimate of drug-likeness (QED) is 0.164. The summed E-state index contributed by atoms with van der Waals surface area (Å²) in [5, 5.41) is 5.11. The number of amides is 4. The molecule has 0 bridgehead atoms. The minimum absolute atomic E-state index is 0.133. The van der Waals surface area contributed by atoms with Gasteiger partial charge in [-0.15, -0.1) is 0 Å². The van der Waals surface area contributed by atoms with Gasteiger partial charge in [0.1, 0.15) is 0 Å². The van der Waals surface area contributed by atoms with Gasteiger partial charge in [-0.3, -0.25) is 19.2 Å². The van der Waals surface area contributed by atoms with E-state index in [0.29, 0.717) is 0 Å². The molecule has 0 spiro atoms. The maximum atomic E-state index is 12.4. The Bertz CT molecular complexity index is 729. The van der Waals surface area contributed by atoms with Crippen LogP contribution in [0.4, 0.5) is 0 Å². The zero-order chi connectivity index (χ0) is 22.9. The van der Waals surface area contributed by atoms with Crippen molar-refractivity contribution in [2.24, 2.45) is 45.2 Å². The second-order valence-electron chi connectivity index (χ2n) is 7.05. The molecule has 1 rings (SSSR count). The van der Waals surface area contributed by atoms with E-state index in [1.54, 1.807) is 0 Å². The Hall–Kier alpha value is -3.06. The molecule has 0 saturated carbocycles. The van der Waals surface area contributed by atoms with Gasteiger partial charge in [-0.2, -0.15) is 0 Å². The standard InChI is InChI=1S/C18H30N8O4/c19-5-17(6-20,15(23)29)9-25-13(27)11-2-1-3-12(4-11)14(28)26-10-18(7-21,8-22)16(24)30/h1-4H,5-10,19-22H2,(H2,23,29)(H2,24,30)(H,25,27)(H,26,28). The van der Waals surface area contributed by atoms with Crippen molar-refractivity contribution >= 4 is 23.6 Å². The zero-order valence-electron chi connectivity index (χ0n) is 16.6. The van der Waals surface area contributed by atoms with E-state index >= 15 is 0 Å². The minimum atomic E-state index is -1.27. The maximum absolute atomic E-state index is 12.4. The number of benzene rings is 1. The van der Waals surface area contributed by atoms with Crippen LogP contribution >= 0.6 is 0 Å². The Morgan fingerprint density at radius 3 is 1.30 bits per heavy atom. The van der Waals surface area contributed by atoms with Gasteiger partial charge >= 0.3 is 0 Å². The zero-order valence-corrected chi connectivity index (χ0v) is 16.6. The molecule has 0 fully saturated rings. The number of carbonyl (C=O) groups excluding carboxylic acids is 4. The number of nitrogens with two attached hydrogens (primary N) is 6. The molecule has 12 heteroatoms. The Kier molecular flexibility index (Phi) is 8.86. The van der Waals surface area contributed by atoms with Crippen molar-refractivity contribution in [1.29, 1.82) is 0 Å². The lowest BCUT2D eigenvalue weighted by Crippen LogP contribution is -2.55. The van der Waals surface area contributed by atoms with Crippen molar-refractivity contribution in [3.05, 3.63) is 35.4 Å². The Balaban J connectivity index is 2.89. The summed E-state index contributed by atoms with van der Waals surface area (Å²) in [6, 6.07) is 5.81. The van der Waals surface area contributed by atoms with Crippen LogP contribution in [0.5, 0.6) is 0 Å². The summed E-state index contributed by atoms with van der Waals surface area (Å²) >= 11 is 0. The first-order valence-corrected chi connectivity index (χ1v) is 9.18. The van der Waals surface area contributed by atoms with Gasteiger partial charge in [0.25, 0.3) is 11.8 Å². The third kappa shape index (κ3) is 5.51. The lowest BCUT2D eigenvalue weighted by Gasteiger charge is -2.27. The van der Waals surface area contributed by atoms with Crippen LogP contribution in [-0.2, 0) is 9.59 Å². The van der Waals surface area contributed by atoms with Crippen LogP contribution in [-0.4, -0.2) is 62.9 Å². The Labute approximate surface area is 174 Å². The summed E-state index contributed by atoms with van der Waals surface area (Å²) in [4.78, 5) is 48.2. The van der Waals surface area contributed by atoms with Crippen molar-refractivity contribution < 1.29 is 19.2 Å². The SMILES string of the molecule is NCC(CN)(CNC(=O)c1cccc(C(=O)NCC(CN)(CN)C(N)=O)c1)C(N)=O. The average molecular weight is 422 g/mol. The molecule has 0 atom stereocenters. The summed E-state index contributed by atoms with van der Waals surface area (Å²) < 4.78 is 0. The summed E-state index contributed by atoms with van der Waals surface area (Å²) in [5.74, 6) is -2.54. The molecule has 0 aromatic heterocycles. The molecule has 1 aromatic carbocycles. The van der Waals surface area contributed by atoms with Gasteiger partial charge in [0.2, 0.25) is 11.8 Å². The highest BCUT2D eigenvalue weighted by Crippen LogP contribution is 2.14. The normalized spacial score (nSPS) is 11.6. The fourth-order valence-electron chi connectivity index (χ4n) is 2.54. The van der Waals surface area contributed by atoms with E-state index in [4.69, 9.17) is 34.4 Å². The molecular weight excluding hydrogens is 392 g/mol. The molecule has 4 amide bonds. The molecule has 0 aliphatic carbocycles. The Morgan fingerprint density at radius 2 is 1.03 bits per heavy atom. The first-order chi connectivity index (χ1) is 14.1. The van der Waals surface area contributed by atoms with Gasteiger partial charge in [-0.1, -0.05) is 6.07 Å². The van der Waals surface area contributed by atoms with E-state index in [-0.39, 0.29) is 50.4 Å². The molecule has 0 radical (unpaired) electrons. The van der Waals surface area contributed by atoms with Crippen molar-refractivity contribution in [3.8, 4) is 0 Å². The van der Waals surface area contributed by atoms with Crippen molar-refractivity contribution in [2.45, 2.75) is 0 Å². The summed E-state index contributed by atoms with van der Waals surface area (Å²) in [5.41, 5.74) is 30.8. The number of hydrogen-bond donors (Lipinski definition) is 8. The van der Waals surface area contributed by atoms with E-state index in [1.807, 2.05) is 0 Å². The van der Waals surface area contributed by atoms with Gasteiger partial charge in [0.15, 0.2) is 0 Å². The molecule has 1 aromatic rings. The molecule has 0 aliphatic heterocycles. The van der Waals surface area contributed by atoms with Crippen molar-refractivity contribution in [3.63, 3.8) is 0 Å². The molecule has 0 aliphatic rings. The molecule has 166 valence electrons. The predicted molar refractivity (Wildman–Crippen MR) is 111 cm³/mol. The van der Waals surface area contributed by atoms with Crippen LogP contribution < -0.4 is 45.0 Å². The molecule has 12 nitrogen and oxygen atoms in total. The second kappa shape index (κ2) is 10.6. The molecule has 14 N–H and O–H groups in total. The highest BCUT2D eigenvalue weighted by Gasteiger charge is 2.35. The maximum Gasteiger partial charge on any atom is 0.251 e. The van der Waals surface area contributed by atoms with Gasteiger partial charge in [0, 0.05) is 50.4 Å². The molecule has 0 heterocycles. The summed E-state index contributed by atoms with van der Waals surface area (Å²) in [6.45, 7) is -0.842. The smallest absolute Gasteiger partial charge is 0.251 e. The van der Waals surface area contributed by atoms with Crippen LogP contribution in [0.3, 0.4) is 0 Å². The monoisotopic (exact) mass is 422 g/mol.